The molecule has 2 heterocycles. The average molecular weight is 766 g/mol. The number of halogens is 2. The van der Waals surface area contributed by atoms with Gasteiger partial charge in [-0.05, 0) is 67.8 Å². The van der Waals surface area contributed by atoms with Crippen LogP contribution in [0.5, 0.6) is 5.75 Å². The zero-order chi connectivity index (χ0) is 38.2. The fourth-order valence-electron chi connectivity index (χ4n) is 6.92. The number of methoxy groups -OCH3 is 2. The molecule has 53 heavy (non-hydrogen) atoms. The zero-order valence-electron chi connectivity index (χ0n) is 31.2. The first kappa shape index (κ1) is 40.5. The molecule has 0 spiro atoms. The van der Waals surface area contributed by atoms with Crippen molar-refractivity contribution in [3.63, 3.8) is 0 Å². The van der Waals surface area contributed by atoms with Crippen molar-refractivity contribution in [2.24, 2.45) is 0 Å². The van der Waals surface area contributed by atoms with Gasteiger partial charge in [0.15, 0.2) is 5.66 Å². The van der Waals surface area contributed by atoms with E-state index in [-0.39, 0.29) is 30.4 Å². The number of nitrogens with zero attached hydrogens (tertiary/aromatic N) is 4. The molecule has 0 radical (unpaired) electrons. The van der Waals surface area contributed by atoms with Gasteiger partial charge in [-0.25, -0.2) is 0 Å². The van der Waals surface area contributed by atoms with Gasteiger partial charge in [0.1, 0.15) is 5.75 Å². The number of rotatable bonds is 15. The third-order valence-electron chi connectivity index (χ3n) is 10.0. The van der Waals surface area contributed by atoms with Crippen LogP contribution in [0.4, 0.5) is 0 Å². The quantitative estimate of drug-likeness (QED) is 0.213. The van der Waals surface area contributed by atoms with E-state index in [4.69, 9.17) is 37.4 Å². The molecule has 2 amide bonds. The molecule has 284 valence electrons. The van der Waals surface area contributed by atoms with Gasteiger partial charge < -0.3 is 24.0 Å². The Bertz CT molecular complexity index is 1680. The zero-order valence-corrected chi connectivity index (χ0v) is 32.7. The third kappa shape index (κ3) is 9.33. The Morgan fingerprint density at radius 1 is 0.887 bits per heavy atom. The molecule has 1 unspecified atom stereocenters. The second kappa shape index (κ2) is 18.1. The van der Waals surface area contributed by atoms with E-state index in [2.05, 4.69) is 21.6 Å². The summed E-state index contributed by atoms with van der Waals surface area (Å²) in [5, 5.41) is 18.7. The molecule has 2 aliphatic rings. The van der Waals surface area contributed by atoms with E-state index >= 15 is 4.79 Å². The van der Waals surface area contributed by atoms with Crippen LogP contribution < -0.4 is 15.4 Å². The largest absolute Gasteiger partial charge is 0.493 e. The predicted octanol–water partition coefficient (Wildman–Crippen LogP) is 5.29. The van der Waals surface area contributed by atoms with E-state index in [0.29, 0.717) is 80.4 Å². The number of nitrogens with one attached hydrogen (secondary N) is 2. The molecule has 2 aliphatic heterocycles. The van der Waals surface area contributed by atoms with Crippen LogP contribution in [0.1, 0.15) is 55.1 Å². The summed E-state index contributed by atoms with van der Waals surface area (Å²) >= 11 is 12.7. The van der Waals surface area contributed by atoms with Gasteiger partial charge in [-0.3, -0.25) is 25.1 Å². The van der Waals surface area contributed by atoms with Crippen molar-refractivity contribution >= 4 is 35.0 Å². The average Bonchev–Trinajstić information content (AvgIpc) is 3.57. The first-order chi connectivity index (χ1) is 25.5. The van der Waals surface area contributed by atoms with Crippen molar-refractivity contribution < 1.29 is 23.8 Å². The SMILES string of the molecule is CCOc1cc(C(C)(C)C#N)ccc1C1(C(=O)N2CCN(CC(=O)N(CCOC)CCOC)CC2)N[C@H](c2ccc(Cl)cc2)[C@H](c2ccc(Cl)cc2)N1. The van der Waals surface area contributed by atoms with Crippen LogP contribution in [0.2, 0.25) is 10.0 Å². The molecule has 5 rings (SSSR count). The number of nitriles is 1. The monoisotopic (exact) mass is 764 g/mol. The summed E-state index contributed by atoms with van der Waals surface area (Å²) in [6.07, 6.45) is 0. The van der Waals surface area contributed by atoms with Gasteiger partial charge in [-0.2, -0.15) is 5.26 Å². The third-order valence-corrected chi connectivity index (χ3v) is 10.5. The number of carbonyl (C=O) groups is 2. The summed E-state index contributed by atoms with van der Waals surface area (Å²) in [6.45, 7) is 9.89. The number of hydrogen-bond donors (Lipinski definition) is 2. The summed E-state index contributed by atoms with van der Waals surface area (Å²) in [5.74, 6) is 0.325. The molecular formula is C40H50Cl2N6O5. The lowest BCUT2D eigenvalue weighted by molar-refractivity contribution is -0.142. The molecule has 0 saturated carbocycles. The minimum absolute atomic E-state index is 0.00664. The van der Waals surface area contributed by atoms with Crippen molar-refractivity contribution in [1.29, 1.82) is 5.26 Å². The Hall–Kier alpha value is -3.73. The first-order valence-corrected chi connectivity index (χ1v) is 18.7. The predicted molar refractivity (Wildman–Crippen MR) is 206 cm³/mol. The van der Waals surface area contributed by atoms with E-state index in [1.54, 1.807) is 19.1 Å². The van der Waals surface area contributed by atoms with Crippen LogP contribution in [0.25, 0.3) is 0 Å². The molecule has 11 nitrogen and oxygen atoms in total. The van der Waals surface area contributed by atoms with Crippen molar-refractivity contribution in [2.75, 3.05) is 79.9 Å². The van der Waals surface area contributed by atoms with E-state index in [1.807, 2.05) is 92.4 Å². The van der Waals surface area contributed by atoms with Crippen molar-refractivity contribution in [3.8, 4) is 11.8 Å². The normalized spacial score (nSPS) is 20.6. The summed E-state index contributed by atoms with van der Waals surface area (Å²) in [5.41, 5.74) is 1.04. The maximum atomic E-state index is 15.3. The Labute approximate surface area is 323 Å². The number of benzene rings is 3. The number of piperazine rings is 1. The Morgan fingerprint density at radius 2 is 1.42 bits per heavy atom. The van der Waals surface area contributed by atoms with Crippen molar-refractivity contribution in [3.05, 3.63) is 99.0 Å². The highest BCUT2D eigenvalue weighted by Crippen LogP contribution is 2.45. The Kier molecular flexibility index (Phi) is 13.8. The van der Waals surface area contributed by atoms with Gasteiger partial charge >= 0.3 is 0 Å². The minimum atomic E-state index is -1.44. The number of carbonyl (C=O) groups excluding carboxylic acids is 2. The van der Waals surface area contributed by atoms with Gasteiger partial charge in [-0.1, -0.05) is 59.6 Å². The van der Waals surface area contributed by atoms with E-state index in [9.17, 15) is 10.1 Å². The van der Waals surface area contributed by atoms with Crippen molar-refractivity contribution in [2.45, 2.75) is 43.9 Å². The van der Waals surface area contributed by atoms with E-state index in [0.717, 1.165) is 16.7 Å². The highest BCUT2D eigenvalue weighted by Gasteiger charge is 2.54. The summed E-state index contributed by atoms with van der Waals surface area (Å²) in [6, 6.07) is 22.5. The van der Waals surface area contributed by atoms with Crippen LogP contribution >= 0.6 is 23.2 Å². The smallest absolute Gasteiger partial charge is 0.262 e. The van der Waals surface area contributed by atoms with E-state index in [1.165, 1.54) is 0 Å². The molecule has 0 aliphatic carbocycles. The van der Waals surface area contributed by atoms with Gasteiger partial charge in [0.05, 0.1) is 49.9 Å². The number of ether oxygens (including phenoxy) is 3. The second-order valence-electron chi connectivity index (χ2n) is 13.9. The van der Waals surface area contributed by atoms with Gasteiger partial charge in [0, 0.05) is 69.1 Å². The molecule has 2 saturated heterocycles. The lowest BCUT2D eigenvalue weighted by Gasteiger charge is -2.41. The number of amides is 2. The summed E-state index contributed by atoms with van der Waals surface area (Å²) in [4.78, 5) is 34.3. The lowest BCUT2D eigenvalue weighted by Crippen LogP contribution is -2.62. The highest BCUT2D eigenvalue weighted by molar-refractivity contribution is 6.30. The van der Waals surface area contributed by atoms with Crippen LogP contribution in [-0.2, 0) is 30.1 Å². The molecule has 13 heteroatoms. The first-order valence-electron chi connectivity index (χ1n) is 18.0. The van der Waals surface area contributed by atoms with Gasteiger partial charge in [0.2, 0.25) is 5.91 Å². The van der Waals surface area contributed by atoms with Crippen molar-refractivity contribution in [1.82, 2.24) is 25.3 Å². The molecule has 2 fully saturated rings. The fraction of sp³-hybridized carbons (Fsp3) is 0.475. The Balaban J connectivity index is 1.52. The molecule has 2 N–H and O–H groups in total. The topological polar surface area (TPSA) is 119 Å². The molecule has 3 aromatic rings. The van der Waals surface area contributed by atoms with Crippen LogP contribution in [0.3, 0.4) is 0 Å². The van der Waals surface area contributed by atoms with Gasteiger partial charge in [0.25, 0.3) is 5.91 Å². The molecular weight excluding hydrogens is 715 g/mol. The molecule has 3 aromatic carbocycles. The minimum Gasteiger partial charge on any atom is -0.493 e. The fourth-order valence-corrected chi connectivity index (χ4v) is 7.17. The van der Waals surface area contributed by atoms with Crippen LogP contribution in [-0.4, -0.2) is 106 Å². The second-order valence-corrected chi connectivity index (χ2v) is 14.8. The van der Waals surface area contributed by atoms with Crippen LogP contribution in [0, 0.1) is 11.3 Å². The van der Waals surface area contributed by atoms with E-state index < -0.39 is 11.1 Å². The van der Waals surface area contributed by atoms with Gasteiger partial charge in [-0.15, -0.1) is 0 Å². The lowest BCUT2D eigenvalue weighted by atomic mass is 9.84. The summed E-state index contributed by atoms with van der Waals surface area (Å²) in [7, 11) is 3.23. The summed E-state index contributed by atoms with van der Waals surface area (Å²) < 4.78 is 16.7. The molecule has 3 atom stereocenters. The number of hydrogen-bond acceptors (Lipinski definition) is 9. The Morgan fingerprint density at radius 3 is 1.89 bits per heavy atom. The van der Waals surface area contributed by atoms with Crippen LogP contribution in [0.15, 0.2) is 66.7 Å². The highest BCUT2D eigenvalue weighted by atomic mass is 35.5. The maximum Gasteiger partial charge on any atom is 0.262 e. The standard InChI is InChI=1S/C40H50Cl2N6O5/c1-6-53-34-25-30(39(2,3)27-43)11-16-33(34)40(38(50)48-19-17-46(18-20-48)26-35(49)47(21-23-51-4)22-24-52-5)44-36(28-7-12-31(41)13-8-28)37(45-40)29-9-14-32(42)15-10-29/h7-16,25,36-37,44-45H,6,17-24,26H2,1-5H3/t36-,37+,40?. The maximum absolute atomic E-state index is 15.3. The molecule has 0 aromatic heterocycles. The molecule has 0 bridgehead atoms.